The summed E-state index contributed by atoms with van der Waals surface area (Å²) in [6, 6.07) is 0. The minimum Gasteiger partial charge on any atom is -0.481 e. The van der Waals surface area contributed by atoms with Gasteiger partial charge < -0.3 is 10.2 Å². The van der Waals surface area contributed by atoms with Crippen LogP contribution in [0.1, 0.15) is 99.3 Å². The first-order valence-electron chi connectivity index (χ1n) is 13.3. The second-order valence-corrected chi connectivity index (χ2v) is 12.4. The maximum Gasteiger partial charge on any atom is 0.330 e. The van der Waals surface area contributed by atoms with Gasteiger partial charge in [-0.15, -0.1) is 0 Å². The first kappa shape index (κ1) is 26.8. The van der Waals surface area contributed by atoms with Gasteiger partial charge >= 0.3 is 11.9 Å². The van der Waals surface area contributed by atoms with Crippen molar-refractivity contribution in [1.82, 2.24) is 0 Å². The molecule has 3 aliphatic rings. The molecule has 4 heteroatoms. The van der Waals surface area contributed by atoms with Crippen LogP contribution in [0.5, 0.6) is 0 Å². The van der Waals surface area contributed by atoms with E-state index in [1.807, 2.05) is 6.08 Å². The Morgan fingerprint density at radius 3 is 2.41 bits per heavy atom. The lowest BCUT2D eigenvalue weighted by atomic mass is 9.44. The lowest BCUT2D eigenvalue weighted by Gasteiger charge is -2.60. The Balaban J connectivity index is 1.89. The number of aliphatic carboxylic acids is 2. The summed E-state index contributed by atoms with van der Waals surface area (Å²) in [7, 11) is 0. The quantitative estimate of drug-likeness (QED) is 0.268. The summed E-state index contributed by atoms with van der Waals surface area (Å²) in [6.45, 7) is 17.8. The largest absolute Gasteiger partial charge is 0.481 e. The van der Waals surface area contributed by atoms with Gasteiger partial charge in [0.25, 0.3) is 0 Å². The lowest BCUT2D eigenvalue weighted by Crippen LogP contribution is -2.52. The van der Waals surface area contributed by atoms with Gasteiger partial charge in [0.1, 0.15) is 0 Å². The molecule has 7 atom stereocenters. The van der Waals surface area contributed by atoms with Crippen molar-refractivity contribution in [1.29, 1.82) is 0 Å². The number of carboxylic acids is 2. The Morgan fingerprint density at radius 2 is 1.82 bits per heavy atom. The molecule has 4 nitrogen and oxygen atoms in total. The fourth-order valence-electron chi connectivity index (χ4n) is 8.44. The highest BCUT2D eigenvalue weighted by Crippen LogP contribution is 2.71. The molecule has 190 valence electrons. The predicted molar refractivity (Wildman–Crippen MR) is 137 cm³/mol. The molecule has 0 saturated heterocycles. The molecule has 34 heavy (non-hydrogen) atoms. The van der Waals surface area contributed by atoms with Gasteiger partial charge in [0, 0.05) is 12.0 Å². The smallest absolute Gasteiger partial charge is 0.330 e. The van der Waals surface area contributed by atoms with Crippen LogP contribution in [0, 0.1) is 39.9 Å². The molecule has 0 spiro atoms. The minimum absolute atomic E-state index is 0.125. The molecule has 0 aromatic heterocycles. The fraction of sp³-hybridized carbons (Fsp3) is 0.733. The molecule has 0 amide bonds. The van der Waals surface area contributed by atoms with Crippen molar-refractivity contribution in [2.24, 2.45) is 39.9 Å². The molecule has 3 rings (SSSR count). The Hall–Kier alpha value is -1.84. The van der Waals surface area contributed by atoms with Gasteiger partial charge in [-0.1, -0.05) is 57.6 Å². The van der Waals surface area contributed by atoms with Gasteiger partial charge in [-0.2, -0.15) is 0 Å². The number of carbonyl (C=O) groups is 2. The zero-order valence-electron chi connectivity index (χ0n) is 22.2. The van der Waals surface area contributed by atoms with E-state index < -0.39 is 11.9 Å². The van der Waals surface area contributed by atoms with Gasteiger partial charge in [0.2, 0.25) is 0 Å². The van der Waals surface area contributed by atoms with Crippen LogP contribution in [0.25, 0.3) is 0 Å². The number of hydrogen-bond acceptors (Lipinski definition) is 2. The fourth-order valence-corrected chi connectivity index (χ4v) is 8.44. The first-order valence-corrected chi connectivity index (χ1v) is 13.3. The SMILES string of the molecule is C=C(C)[C@@H]1CC[C@@H]2C(=CC[C@]3(C)[C@@H]([C@@H](C)CC/C=C(\C)C(=O)O)CC[C@@]23C)[C@@]1(C)CCC(=O)O. The summed E-state index contributed by atoms with van der Waals surface area (Å²) < 4.78 is 0. The van der Waals surface area contributed by atoms with Crippen LogP contribution in [0.4, 0.5) is 0 Å². The summed E-state index contributed by atoms with van der Waals surface area (Å²) in [4.78, 5) is 22.7. The second-order valence-electron chi connectivity index (χ2n) is 12.4. The molecule has 3 aliphatic carbocycles. The Morgan fingerprint density at radius 1 is 1.15 bits per heavy atom. The van der Waals surface area contributed by atoms with Crippen molar-refractivity contribution in [2.75, 3.05) is 0 Å². The number of carboxylic acid groups (broad SMARTS) is 2. The van der Waals surface area contributed by atoms with E-state index in [0.29, 0.717) is 35.7 Å². The van der Waals surface area contributed by atoms with Crippen molar-refractivity contribution in [3.63, 3.8) is 0 Å². The standard InChI is InChI=1S/C30H46O4/c1-19(2)22-11-12-25-24(28(22,5)16-15-26(31)32)14-18-29(6)23(13-17-30(25,29)7)20(3)9-8-10-21(4)27(33)34/h10,14,20,22-23,25H,1,8-9,11-13,15-18H2,2-7H3,(H,31,32)(H,33,34)/b21-10+/t20-,22-,23+,25+,28-,29+,30-/m0/s1. The van der Waals surface area contributed by atoms with E-state index >= 15 is 0 Å². The van der Waals surface area contributed by atoms with Crippen LogP contribution in [0.15, 0.2) is 35.5 Å². The number of fused-ring (bicyclic) bond motifs is 3. The second kappa shape index (κ2) is 9.66. The first-order chi connectivity index (χ1) is 15.8. The highest BCUT2D eigenvalue weighted by atomic mass is 16.4. The van der Waals surface area contributed by atoms with Crippen LogP contribution in [0.3, 0.4) is 0 Å². The van der Waals surface area contributed by atoms with Gasteiger partial charge in [-0.3, -0.25) is 4.79 Å². The lowest BCUT2D eigenvalue weighted by molar-refractivity contribution is -0.138. The van der Waals surface area contributed by atoms with Crippen molar-refractivity contribution >= 4 is 11.9 Å². The van der Waals surface area contributed by atoms with Gasteiger partial charge in [-0.05, 0) is 105 Å². The van der Waals surface area contributed by atoms with Crippen molar-refractivity contribution < 1.29 is 19.8 Å². The van der Waals surface area contributed by atoms with E-state index in [-0.39, 0.29) is 22.7 Å². The van der Waals surface area contributed by atoms with E-state index in [2.05, 4.69) is 47.3 Å². The van der Waals surface area contributed by atoms with E-state index in [1.54, 1.807) is 6.92 Å². The van der Waals surface area contributed by atoms with E-state index in [9.17, 15) is 14.7 Å². The van der Waals surface area contributed by atoms with Crippen molar-refractivity contribution in [3.05, 3.63) is 35.5 Å². The highest BCUT2D eigenvalue weighted by Gasteiger charge is 2.63. The van der Waals surface area contributed by atoms with Gasteiger partial charge in [-0.25, -0.2) is 4.79 Å². The average molecular weight is 471 g/mol. The van der Waals surface area contributed by atoms with Crippen LogP contribution >= 0.6 is 0 Å². The van der Waals surface area contributed by atoms with E-state index in [1.165, 1.54) is 30.4 Å². The third-order valence-electron chi connectivity index (χ3n) is 10.7. The summed E-state index contributed by atoms with van der Waals surface area (Å²) >= 11 is 0. The highest BCUT2D eigenvalue weighted by molar-refractivity contribution is 5.85. The third-order valence-corrected chi connectivity index (χ3v) is 10.7. The molecule has 2 saturated carbocycles. The number of hydrogen-bond donors (Lipinski definition) is 2. The van der Waals surface area contributed by atoms with Crippen LogP contribution in [0.2, 0.25) is 0 Å². The Kier molecular flexibility index (Phi) is 7.60. The molecule has 0 heterocycles. The summed E-state index contributed by atoms with van der Waals surface area (Å²) in [6.07, 6.45) is 12.9. The molecular weight excluding hydrogens is 424 g/mol. The predicted octanol–water partition coefficient (Wildman–Crippen LogP) is 7.66. The normalized spacial score (nSPS) is 38.5. The van der Waals surface area contributed by atoms with Gasteiger partial charge in [0.15, 0.2) is 0 Å². The Labute approximate surface area is 206 Å². The molecule has 0 unspecified atom stereocenters. The van der Waals surface area contributed by atoms with Crippen molar-refractivity contribution in [2.45, 2.75) is 99.3 Å². The monoisotopic (exact) mass is 470 g/mol. The molecule has 0 aliphatic heterocycles. The van der Waals surface area contributed by atoms with Crippen molar-refractivity contribution in [3.8, 4) is 0 Å². The summed E-state index contributed by atoms with van der Waals surface area (Å²) in [5.41, 5.74) is 3.45. The molecule has 2 fully saturated rings. The number of allylic oxidation sites excluding steroid dienone is 4. The molecule has 0 bridgehead atoms. The topological polar surface area (TPSA) is 74.6 Å². The van der Waals surface area contributed by atoms with Crippen LogP contribution in [-0.2, 0) is 9.59 Å². The maximum absolute atomic E-state index is 11.5. The van der Waals surface area contributed by atoms with E-state index in [4.69, 9.17) is 5.11 Å². The maximum atomic E-state index is 11.5. The zero-order chi connectivity index (χ0) is 25.5. The third kappa shape index (κ3) is 4.42. The van der Waals surface area contributed by atoms with Crippen LogP contribution in [-0.4, -0.2) is 22.2 Å². The summed E-state index contributed by atoms with van der Waals surface area (Å²) in [5.74, 6) is 0.491. The summed E-state index contributed by atoms with van der Waals surface area (Å²) in [5, 5.41) is 18.6. The van der Waals surface area contributed by atoms with Gasteiger partial charge in [0.05, 0.1) is 0 Å². The number of rotatable bonds is 9. The van der Waals surface area contributed by atoms with Crippen LogP contribution < -0.4 is 0 Å². The zero-order valence-corrected chi connectivity index (χ0v) is 22.2. The molecule has 0 aromatic carbocycles. The minimum atomic E-state index is -0.825. The Bertz CT molecular complexity index is 897. The molecule has 0 aromatic rings. The average Bonchev–Trinajstić information content (AvgIpc) is 3.03. The van der Waals surface area contributed by atoms with E-state index in [0.717, 1.165) is 25.7 Å². The molecule has 2 N–H and O–H groups in total. The molecular formula is C30H46O4. The molecule has 0 radical (unpaired) electrons.